The molecule has 0 saturated heterocycles. The highest BCUT2D eigenvalue weighted by atomic mass is 32.2. The summed E-state index contributed by atoms with van der Waals surface area (Å²) in [6, 6.07) is 0.658. The molecule has 0 radical (unpaired) electrons. The molecule has 0 aliphatic heterocycles. The molecule has 0 aromatic carbocycles. The molecule has 1 N–H and O–H groups in total. The molecular weight excluding hydrogens is 242 g/mol. The fourth-order valence-corrected chi connectivity index (χ4v) is 4.15. The lowest BCUT2D eigenvalue weighted by Crippen LogP contribution is -2.38. The highest BCUT2D eigenvalue weighted by molar-refractivity contribution is 7.99. The third-order valence-electron chi connectivity index (χ3n) is 3.93. The lowest BCUT2D eigenvalue weighted by Gasteiger charge is -2.26. The van der Waals surface area contributed by atoms with Crippen molar-refractivity contribution in [1.82, 2.24) is 5.32 Å². The van der Waals surface area contributed by atoms with Crippen LogP contribution >= 0.6 is 11.8 Å². The summed E-state index contributed by atoms with van der Waals surface area (Å²) in [5, 5.41) is 4.66. The van der Waals surface area contributed by atoms with Crippen LogP contribution < -0.4 is 5.32 Å². The average Bonchev–Trinajstić information content (AvgIpc) is 2.89. The Morgan fingerprint density at radius 1 is 1.33 bits per heavy atom. The molecule has 1 aliphatic rings. The van der Waals surface area contributed by atoms with Crippen LogP contribution in [0.3, 0.4) is 0 Å². The van der Waals surface area contributed by atoms with Crippen molar-refractivity contribution in [2.75, 3.05) is 26.0 Å². The van der Waals surface area contributed by atoms with E-state index in [-0.39, 0.29) is 0 Å². The van der Waals surface area contributed by atoms with Crippen LogP contribution in [0.4, 0.5) is 0 Å². The van der Waals surface area contributed by atoms with E-state index in [0.29, 0.717) is 12.0 Å². The van der Waals surface area contributed by atoms with Crippen molar-refractivity contribution in [3.05, 3.63) is 0 Å². The molecule has 2 atom stereocenters. The first-order valence-electron chi connectivity index (χ1n) is 7.61. The van der Waals surface area contributed by atoms with Gasteiger partial charge >= 0.3 is 0 Å². The number of hydrogen-bond acceptors (Lipinski definition) is 3. The maximum atomic E-state index is 5.21. The Labute approximate surface area is 118 Å². The molecule has 0 aromatic rings. The molecule has 0 bridgehead atoms. The van der Waals surface area contributed by atoms with Crippen LogP contribution in [0.25, 0.3) is 0 Å². The predicted molar refractivity (Wildman–Crippen MR) is 82.5 cm³/mol. The van der Waals surface area contributed by atoms with E-state index in [9.17, 15) is 0 Å². The van der Waals surface area contributed by atoms with Crippen LogP contribution in [0.15, 0.2) is 0 Å². The average molecular weight is 273 g/mol. The van der Waals surface area contributed by atoms with E-state index < -0.39 is 0 Å². The minimum Gasteiger partial charge on any atom is -0.385 e. The van der Waals surface area contributed by atoms with E-state index in [1.807, 2.05) is 0 Å². The Balaban J connectivity index is 2.28. The number of hydrogen-bond donors (Lipinski definition) is 1. The lowest BCUT2D eigenvalue weighted by atomic mass is 10.00. The Morgan fingerprint density at radius 2 is 2.06 bits per heavy atom. The molecule has 1 fully saturated rings. The summed E-state index contributed by atoms with van der Waals surface area (Å²) in [7, 11) is 1.80. The lowest BCUT2D eigenvalue weighted by molar-refractivity contribution is 0.172. The van der Waals surface area contributed by atoms with Gasteiger partial charge in [0.2, 0.25) is 0 Å². The third kappa shape index (κ3) is 6.44. The summed E-state index contributed by atoms with van der Waals surface area (Å²) >= 11 is 2.20. The van der Waals surface area contributed by atoms with E-state index in [2.05, 4.69) is 30.9 Å². The number of methoxy groups -OCH3 is 1. The molecule has 1 saturated carbocycles. The van der Waals surface area contributed by atoms with Crippen molar-refractivity contribution in [2.24, 2.45) is 5.92 Å². The highest BCUT2D eigenvalue weighted by Crippen LogP contribution is 2.30. The van der Waals surface area contributed by atoms with Gasteiger partial charge in [-0.05, 0) is 38.1 Å². The Bertz CT molecular complexity index is 195. The predicted octanol–water partition coefficient (Wildman–Crippen LogP) is 3.70. The van der Waals surface area contributed by atoms with Gasteiger partial charge in [-0.3, -0.25) is 0 Å². The minimum absolute atomic E-state index is 0.658. The van der Waals surface area contributed by atoms with Crippen molar-refractivity contribution in [1.29, 1.82) is 0 Å². The molecule has 2 unspecified atom stereocenters. The SMILES string of the molecule is CCCNC(CSC1CCCC1)C(C)CCOC. The Hall–Kier alpha value is 0.270. The number of thioether (sulfide) groups is 1. The summed E-state index contributed by atoms with van der Waals surface area (Å²) in [6.45, 7) is 6.64. The maximum Gasteiger partial charge on any atom is 0.0465 e. The standard InChI is InChI=1S/C15H31NOS/c1-4-10-16-15(13(2)9-11-17-3)12-18-14-7-5-6-8-14/h13-16H,4-12H2,1-3H3. The van der Waals surface area contributed by atoms with Gasteiger partial charge < -0.3 is 10.1 Å². The largest absolute Gasteiger partial charge is 0.385 e. The molecule has 2 nitrogen and oxygen atoms in total. The fourth-order valence-electron chi connectivity index (χ4n) is 2.55. The van der Waals surface area contributed by atoms with Crippen LogP contribution in [0.5, 0.6) is 0 Å². The van der Waals surface area contributed by atoms with Crippen molar-refractivity contribution in [3.63, 3.8) is 0 Å². The van der Waals surface area contributed by atoms with Crippen molar-refractivity contribution < 1.29 is 4.74 Å². The monoisotopic (exact) mass is 273 g/mol. The van der Waals surface area contributed by atoms with Crippen molar-refractivity contribution in [3.8, 4) is 0 Å². The number of rotatable bonds is 10. The van der Waals surface area contributed by atoms with Gasteiger partial charge in [0.1, 0.15) is 0 Å². The second-order valence-electron chi connectivity index (χ2n) is 5.56. The molecule has 0 aromatic heterocycles. The van der Waals surface area contributed by atoms with Gasteiger partial charge in [-0.15, -0.1) is 0 Å². The molecule has 3 heteroatoms. The van der Waals surface area contributed by atoms with Crippen LogP contribution in [-0.4, -0.2) is 37.3 Å². The summed E-state index contributed by atoms with van der Waals surface area (Å²) in [6.07, 6.45) is 8.17. The van der Waals surface area contributed by atoms with Gasteiger partial charge in [-0.2, -0.15) is 11.8 Å². The van der Waals surface area contributed by atoms with Crippen molar-refractivity contribution >= 4 is 11.8 Å². The summed E-state index contributed by atoms with van der Waals surface area (Å²) in [4.78, 5) is 0. The molecule has 1 rings (SSSR count). The van der Waals surface area contributed by atoms with E-state index in [4.69, 9.17) is 4.74 Å². The van der Waals surface area contributed by atoms with Gasteiger partial charge in [0.15, 0.2) is 0 Å². The second-order valence-corrected chi connectivity index (χ2v) is 6.89. The Morgan fingerprint density at radius 3 is 2.67 bits per heavy atom. The minimum atomic E-state index is 0.658. The molecule has 108 valence electrons. The zero-order valence-electron chi connectivity index (χ0n) is 12.4. The van der Waals surface area contributed by atoms with Gasteiger partial charge in [-0.1, -0.05) is 26.7 Å². The molecule has 0 amide bonds. The summed E-state index contributed by atoms with van der Waals surface area (Å²) in [5.74, 6) is 1.99. The molecule has 0 heterocycles. The first-order chi connectivity index (χ1) is 8.77. The molecule has 18 heavy (non-hydrogen) atoms. The maximum absolute atomic E-state index is 5.21. The van der Waals surface area contributed by atoms with Crippen LogP contribution in [0.2, 0.25) is 0 Å². The van der Waals surface area contributed by atoms with Gasteiger partial charge in [0.25, 0.3) is 0 Å². The molecule has 1 aliphatic carbocycles. The molecule has 0 spiro atoms. The first kappa shape index (κ1) is 16.3. The normalized spacial score (nSPS) is 20.2. The van der Waals surface area contributed by atoms with Gasteiger partial charge in [0.05, 0.1) is 0 Å². The van der Waals surface area contributed by atoms with E-state index in [1.54, 1.807) is 7.11 Å². The van der Waals surface area contributed by atoms with Crippen LogP contribution in [0, 0.1) is 5.92 Å². The second kappa shape index (κ2) is 10.1. The third-order valence-corrected chi connectivity index (χ3v) is 5.43. The van der Waals surface area contributed by atoms with Gasteiger partial charge in [-0.25, -0.2) is 0 Å². The molecular formula is C15H31NOS. The zero-order valence-corrected chi connectivity index (χ0v) is 13.2. The number of nitrogens with one attached hydrogen (secondary N) is 1. The van der Waals surface area contributed by atoms with Crippen LogP contribution in [0.1, 0.15) is 52.4 Å². The van der Waals surface area contributed by atoms with E-state index >= 15 is 0 Å². The zero-order chi connectivity index (χ0) is 13.2. The summed E-state index contributed by atoms with van der Waals surface area (Å²) < 4.78 is 5.21. The van der Waals surface area contributed by atoms with Crippen molar-refractivity contribution in [2.45, 2.75) is 63.7 Å². The topological polar surface area (TPSA) is 21.3 Å². The quantitative estimate of drug-likeness (QED) is 0.656. The summed E-state index contributed by atoms with van der Waals surface area (Å²) in [5.41, 5.74) is 0. The van der Waals surface area contributed by atoms with E-state index in [1.165, 1.54) is 44.3 Å². The fraction of sp³-hybridized carbons (Fsp3) is 1.00. The highest BCUT2D eigenvalue weighted by Gasteiger charge is 2.21. The van der Waals surface area contributed by atoms with Crippen LogP contribution in [-0.2, 0) is 4.74 Å². The smallest absolute Gasteiger partial charge is 0.0465 e. The van der Waals surface area contributed by atoms with Gasteiger partial charge in [0, 0.05) is 30.8 Å². The Kier molecular flexibility index (Phi) is 9.16. The number of ether oxygens (including phenoxy) is 1. The first-order valence-corrected chi connectivity index (χ1v) is 8.66. The van der Waals surface area contributed by atoms with E-state index in [0.717, 1.165) is 18.4 Å².